The normalized spacial score (nSPS) is 18.6. The van der Waals surface area contributed by atoms with Crippen LogP contribution in [0.3, 0.4) is 0 Å². The molecule has 156 valence electrons. The molecule has 29 heavy (non-hydrogen) atoms. The Kier molecular flexibility index (Phi) is 5.76. The number of rotatable bonds is 8. The first-order valence-electron chi connectivity index (χ1n) is 9.49. The molecular weight excluding hydrogens is 378 g/mol. The monoisotopic (exact) mass is 403 g/mol. The number of nitrogens with zero attached hydrogens (tertiary/aromatic N) is 2. The molecule has 1 fully saturated rings. The molecule has 0 unspecified atom stereocenters. The van der Waals surface area contributed by atoms with Gasteiger partial charge in [-0.2, -0.15) is 0 Å². The van der Waals surface area contributed by atoms with E-state index < -0.39 is 35.4 Å². The van der Waals surface area contributed by atoms with Gasteiger partial charge in [0.25, 0.3) is 11.8 Å². The van der Waals surface area contributed by atoms with Crippen molar-refractivity contribution in [2.24, 2.45) is 5.92 Å². The van der Waals surface area contributed by atoms with Gasteiger partial charge in [-0.3, -0.25) is 14.4 Å². The van der Waals surface area contributed by atoms with Crippen LogP contribution in [0, 0.1) is 5.92 Å². The van der Waals surface area contributed by atoms with Gasteiger partial charge in [0, 0.05) is 30.8 Å². The molecule has 0 saturated heterocycles. The number of hydrogen-bond acceptors (Lipinski definition) is 6. The van der Waals surface area contributed by atoms with E-state index in [9.17, 15) is 19.5 Å². The van der Waals surface area contributed by atoms with Crippen molar-refractivity contribution in [3.05, 3.63) is 35.2 Å². The Morgan fingerprint density at radius 2 is 2.07 bits per heavy atom. The Hall–Kier alpha value is -3.10. The highest BCUT2D eigenvalue weighted by molar-refractivity contribution is 6.19. The zero-order valence-electron chi connectivity index (χ0n) is 16.5. The molecule has 0 atom stereocenters. The fourth-order valence-corrected chi connectivity index (χ4v) is 3.15. The van der Waals surface area contributed by atoms with Gasteiger partial charge >= 0.3 is 5.97 Å². The molecule has 1 aromatic rings. The number of amides is 2. The van der Waals surface area contributed by atoms with E-state index in [1.165, 1.54) is 17.7 Å². The second-order valence-electron chi connectivity index (χ2n) is 8.04. The number of pyridine rings is 1. The molecule has 2 amide bonds. The van der Waals surface area contributed by atoms with E-state index in [0.29, 0.717) is 18.4 Å². The number of carbonyl (C=O) groups is 3. The molecule has 2 heterocycles. The molecule has 1 aliphatic heterocycles. The van der Waals surface area contributed by atoms with Crippen LogP contribution in [0.15, 0.2) is 29.7 Å². The first kappa shape index (κ1) is 20.6. The van der Waals surface area contributed by atoms with Crippen LogP contribution in [0.4, 0.5) is 0 Å². The third-order valence-electron chi connectivity index (χ3n) is 5.01. The van der Waals surface area contributed by atoms with Crippen molar-refractivity contribution in [3.63, 3.8) is 0 Å². The molecule has 9 heteroatoms. The van der Waals surface area contributed by atoms with Crippen LogP contribution >= 0.6 is 0 Å². The Morgan fingerprint density at radius 3 is 2.66 bits per heavy atom. The molecular formula is C20H25N3O6. The van der Waals surface area contributed by atoms with Crippen molar-refractivity contribution < 1.29 is 29.3 Å². The second kappa shape index (κ2) is 8.10. The number of nitrogens with one attached hydrogen (secondary N) is 1. The number of aliphatic hydroxyl groups excluding tert-OH is 1. The summed E-state index contributed by atoms with van der Waals surface area (Å²) in [6, 6.07) is 3.55. The van der Waals surface area contributed by atoms with E-state index in [0.717, 1.165) is 5.56 Å². The summed E-state index contributed by atoms with van der Waals surface area (Å²) >= 11 is 0. The first-order valence-corrected chi connectivity index (χ1v) is 9.49. The number of aliphatic hydroxyl groups is 1. The maximum Gasteiger partial charge on any atom is 0.322 e. The molecule has 3 rings (SSSR count). The van der Waals surface area contributed by atoms with E-state index in [4.69, 9.17) is 9.84 Å². The van der Waals surface area contributed by atoms with Crippen molar-refractivity contribution in [1.29, 1.82) is 0 Å². The zero-order chi connectivity index (χ0) is 21.2. The highest BCUT2D eigenvalue weighted by atomic mass is 16.5. The van der Waals surface area contributed by atoms with Crippen LogP contribution in [0.5, 0.6) is 5.88 Å². The molecule has 1 saturated carbocycles. The average molecular weight is 403 g/mol. The van der Waals surface area contributed by atoms with E-state index >= 15 is 0 Å². The highest BCUT2D eigenvalue weighted by Gasteiger charge is 2.42. The zero-order valence-corrected chi connectivity index (χ0v) is 16.5. The summed E-state index contributed by atoms with van der Waals surface area (Å²) < 4.78 is 5.61. The summed E-state index contributed by atoms with van der Waals surface area (Å²) in [5, 5.41) is 21.1. The third kappa shape index (κ3) is 5.04. The number of hydrogen-bond donors (Lipinski definition) is 3. The standard InChI is InChI=1S/C20H25N3O6/c1-20(2)7-14(24)17(18(27)22-9-16(25)26)19(28)23(20)10-13-5-6-15(21-8-13)29-11-12-3-4-12/h5-6,8,12,24H,3-4,7,9-11H2,1-2H3,(H,22,27)(H,25,26). The SMILES string of the molecule is CC1(C)CC(O)=C(C(=O)NCC(=O)O)C(=O)N1Cc1ccc(OCC2CC2)nc1. The Labute approximate surface area is 168 Å². The van der Waals surface area contributed by atoms with Crippen molar-refractivity contribution >= 4 is 17.8 Å². The maximum absolute atomic E-state index is 12.9. The van der Waals surface area contributed by atoms with Crippen molar-refractivity contribution in [2.45, 2.75) is 45.2 Å². The molecule has 0 spiro atoms. The predicted octanol–water partition coefficient (Wildman–Crippen LogP) is 1.39. The van der Waals surface area contributed by atoms with Gasteiger partial charge in [0.2, 0.25) is 5.88 Å². The third-order valence-corrected chi connectivity index (χ3v) is 5.01. The van der Waals surface area contributed by atoms with Gasteiger partial charge in [-0.05, 0) is 38.2 Å². The summed E-state index contributed by atoms with van der Waals surface area (Å²) in [5.74, 6) is -2.01. The number of carbonyl (C=O) groups excluding carboxylic acids is 2. The molecule has 1 aromatic heterocycles. The quantitative estimate of drug-likeness (QED) is 0.560. The molecule has 0 aromatic carbocycles. The maximum atomic E-state index is 12.9. The minimum Gasteiger partial charge on any atom is -0.511 e. The van der Waals surface area contributed by atoms with Gasteiger partial charge in [-0.15, -0.1) is 0 Å². The van der Waals surface area contributed by atoms with Gasteiger partial charge in [-0.25, -0.2) is 4.98 Å². The van der Waals surface area contributed by atoms with E-state index in [-0.39, 0.29) is 18.7 Å². The Morgan fingerprint density at radius 1 is 1.34 bits per heavy atom. The summed E-state index contributed by atoms with van der Waals surface area (Å²) in [6.07, 6.45) is 4.07. The number of carboxylic acid groups (broad SMARTS) is 1. The summed E-state index contributed by atoms with van der Waals surface area (Å²) in [4.78, 5) is 41.6. The predicted molar refractivity (Wildman–Crippen MR) is 102 cm³/mol. The number of aromatic nitrogens is 1. The Bertz CT molecular complexity index is 842. The first-order chi connectivity index (χ1) is 13.7. The van der Waals surface area contributed by atoms with Crippen molar-refractivity contribution in [3.8, 4) is 5.88 Å². The summed E-state index contributed by atoms with van der Waals surface area (Å²) in [6.45, 7) is 3.77. The molecule has 1 aliphatic carbocycles. The van der Waals surface area contributed by atoms with Gasteiger partial charge in [0.1, 0.15) is 17.9 Å². The lowest BCUT2D eigenvalue weighted by Gasteiger charge is -2.42. The van der Waals surface area contributed by atoms with E-state index in [2.05, 4.69) is 10.3 Å². The largest absolute Gasteiger partial charge is 0.511 e. The minimum absolute atomic E-state index is 0.0740. The van der Waals surface area contributed by atoms with Crippen LogP contribution < -0.4 is 10.1 Å². The molecule has 9 nitrogen and oxygen atoms in total. The van der Waals surface area contributed by atoms with Gasteiger partial charge < -0.3 is 25.2 Å². The van der Waals surface area contributed by atoms with Gasteiger partial charge in [0.05, 0.1) is 6.61 Å². The topological polar surface area (TPSA) is 129 Å². The lowest BCUT2D eigenvalue weighted by molar-refractivity contribution is -0.140. The average Bonchev–Trinajstić information content (AvgIpc) is 3.46. The van der Waals surface area contributed by atoms with Gasteiger partial charge in [0.15, 0.2) is 0 Å². The fraction of sp³-hybridized carbons (Fsp3) is 0.500. The highest BCUT2D eigenvalue weighted by Crippen LogP contribution is 2.33. The van der Waals surface area contributed by atoms with Crippen LogP contribution in [-0.4, -0.2) is 56.6 Å². The van der Waals surface area contributed by atoms with Crippen LogP contribution in [-0.2, 0) is 20.9 Å². The molecule has 2 aliphatic rings. The lowest BCUT2D eigenvalue weighted by Crippen LogP contribution is -2.53. The van der Waals surface area contributed by atoms with E-state index in [1.54, 1.807) is 32.2 Å². The Balaban J connectivity index is 1.72. The van der Waals surface area contributed by atoms with Gasteiger partial charge in [-0.1, -0.05) is 6.07 Å². The summed E-state index contributed by atoms with van der Waals surface area (Å²) in [5.41, 5.74) is -0.418. The molecule has 3 N–H and O–H groups in total. The number of ether oxygens (including phenoxy) is 1. The van der Waals surface area contributed by atoms with Crippen molar-refractivity contribution in [1.82, 2.24) is 15.2 Å². The summed E-state index contributed by atoms with van der Waals surface area (Å²) in [7, 11) is 0. The fourth-order valence-electron chi connectivity index (χ4n) is 3.15. The lowest BCUT2D eigenvalue weighted by atomic mass is 9.88. The van der Waals surface area contributed by atoms with E-state index in [1.807, 2.05) is 0 Å². The molecule has 0 bridgehead atoms. The molecule has 0 radical (unpaired) electrons. The minimum atomic E-state index is -1.24. The van der Waals surface area contributed by atoms with Crippen LogP contribution in [0.1, 0.15) is 38.7 Å². The van der Waals surface area contributed by atoms with Crippen LogP contribution in [0.2, 0.25) is 0 Å². The number of aliphatic carboxylic acids is 1. The second-order valence-corrected chi connectivity index (χ2v) is 8.04. The van der Waals surface area contributed by atoms with Crippen molar-refractivity contribution in [2.75, 3.05) is 13.2 Å². The van der Waals surface area contributed by atoms with Crippen LogP contribution in [0.25, 0.3) is 0 Å². The smallest absolute Gasteiger partial charge is 0.322 e. The number of carboxylic acids is 1.